The quantitative estimate of drug-likeness (QED) is 0.734. The maximum absolute atomic E-state index is 10.00. The van der Waals surface area contributed by atoms with Crippen molar-refractivity contribution in [1.29, 1.82) is 0 Å². The van der Waals surface area contributed by atoms with E-state index < -0.39 is 12.2 Å². The molecule has 2 rings (SSSR count). The lowest BCUT2D eigenvalue weighted by atomic mass is 10.0. The average molecular weight is 267 g/mol. The van der Waals surface area contributed by atoms with Gasteiger partial charge in [0.05, 0.1) is 11.6 Å². The van der Waals surface area contributed by atoms with E-state index in [0.717, 1.165) is 10.9 Å². The first-order chi connectivity index (χ1) is 8.61. The molecule has 2 aromatic rings. The zero-order chi connectivity index (χ0) is 13.1. The van der Waals surface area contributed by atoms with E-state index >= 15 is 0 Å². The van der Waals surface area contributed by atoms with E-state index in [-0.39, 0.29) is 0 Å². The van der Waals surface area contributed by atoms with Crippen LogP contribution in [0.4, 0.5) is 0 Å². The Balaban J connectivity index is 2.32. The van der Waals surface area contributed by atoms with Crippen LogP contribution in [0.15, 0.2) is 30.3 Å². The lowest BCUT2D eigenvalue weighted by Crippen LogP contribution is -2.29. The molecular formula is C13H15ClN2O2. The number of likely N-dealkylation sites (N-methyl/N-ethyl adjacent to an activating group) is 1. The zero-order valence-corrected chi connectivity index (χ0v) is 10.7. The van der Waals surface area contributed by atoms with E-state index in [1.807, 2.05) is 12.1 Å². The number of hydrogen-bond acceptors (Lipinski definition) is 4. The smallest absolute Gasteiger partial charge is 0.129 e. The molecule has 0 amide bonds. The van der Waals surface area contributed by atoms with Gasteiger partial charge in [-0.05, 0) is 36.9 Å². The molecule has 1 aromatic carbocycles. The molecular weight excluding hydrogens is 252 g/mol. The molecule has 0 fully saturated rings. The summed E-state index contributed by atoms with van der Waals surface area (Å²) >= 11 is 5.80. The van der Waals surface area contributed by atoms with Gasteiger partial charge >= 0.3 is 0 Å². The van der Waals surface area contributed by atoms with Crippen LogP contribution in [0.2, 0.25) is 5.15 Å². The largest absolute Gasteiger partial charge is 0.389 e. The standard InChI is InChI=1S/C13H15ClN2O2/c1-15-7-11(17)13(18)9-2-4-10-8(6-9)3-5-12(14)16-10/h2-6,11,13,15,17-18H,7H2,1H3. The Hall–Kier alpha value is -1.20. The number of nitrogens with one attached hydrogen (secondary N) is 1. The van der Waals surface area contributed by atoms with Crippen LogP contribution < -0.4 is 5.32 Å². The lowest BCUT2D eigenvalue weighted by Gasteiger charge is -2.18. The van der Waals surface area contributed by atoms with Crippen LogP contribution in [-0.4, -0.2) is 34.9 Å². The Morgan fingerprint density at radius 1 is 1.28 bits per heavy atom. The summed E-state index contributed by atoms with van der Waals surface area (Å²) in [6, 6.07) is 8.87. The molecule has 96 valence electrons. The molecule has 1 aromatic heterocycles. The predicted octanol–water partition coefficient (Wildman–Crippen LogP) is 1.50. The number of aliphatic hydroxyl groups is 2. The van der Waals surface area contributed by atoms with Crippen molar-refractivity contribution in [2.75, 3.05) is 13.6 Å². The van der Waals surface area contributed by atoms with Gasteiger partial charge in [0.1, 0.15) is 11.3 Å². The van der Waals surface area contributed by atoms with Crippen LogP contribution in [0.25, 0.3) is 10.9 Å². The first-order valence-corrected chi connectivity index (χ1v) is 6.06. The fourth-order valence-electron chi connectivity index (χ4n) is 1.85. The highest BCUT2D eigenvalue weighted by Crippen LogP contribution is 2.22. The van der Waals surface area contributed by atoms with E-state index in [2.05, 4.69) is 10.3 Å². The van der Waals surface area contributed by atoms with E-state index in [9.17, 15) is 10.2 Å². The molecule has 2 atom stereocenters. The van der Waals surface area contributed by atoms with E-state index in [4.69, 9.17) is 11.6 Å². The Bertz CT molecular complexity index is 548. The van der Waals surface area contributed by atoms with Crippen LogP contribution >= 0.6 is 11.6 Å². The number of benzene rings is 1. The molecule has 5 heteroatoms. The molecule has 0 aliphatic rings. The molecule has 0 radical (unpaired) electrons. The third-order valence-corrected chi connectivity index (χ3v) is 3.01. The second-order valence-electron chi connectivity index (χ2n) is 4.16. The molecule has 18 heavy (non-hydrogen) atoms. The summed E-state index contributed by atoms with van der Waals surface area (Å²) in [4.78, 5) is 4.17. The van der Waals surface area contributed by atoms with Gasteiger partial charge in [0, 0.05) is 11.9 Å². The second-order valence-corrected chi connectivity index (χ2v) is 4.54. The van der Waals surface area contributed by atoms with Crippen LogP contribution in [-0.2, 0) is 0 Å². The van der Waals surface area contributed by atoms with Crippen LogP contribution in [0, 0.1) is 0 Å². The van der Waals surface area contributed by atoms with Crippen molar-refractivity contribution in [1.82, 2.24) is 10.3 Å². The number of fused-ring (bicyclic) bond motifs is 1. The number of aliphatic hydroxyl groups excluding tert-OH is 2. The highest BCUT2D eigenvalue weighted by molar-refractivity contribution is 6.29. The number of aromatic nitrogens is 1. The fourth-order valence-corrected chi connectivity index (χ4v) is 2.00. The molecule has 0 aliphatic carbocycles. The highest BCUT2D eigenvalue weighted by atomic mass is 35.5. The van der Waals surface area contributed by atoms with E-state index in [1.165, 1.54) is 0 Å². The third-order valence-electron chi connectivity index (χ3n) is 2.80. The van der Waals surface area contributed by atoms with Gasteiger partial charge in [0.15, 0.2) is 0 Å². The number of rotatable bonds is 4. The summed E-state index contributed by atoms with van der Waals surface area (Å²) in [5.74, 6) is 0. The van der Waals surface area contributed by atoms with E-state index in [1.54, 1.807) is 25.2 Å². The van der Waals surface area contributed by atoms with Crippen molar-refractivity contribution in [3.8, 4) is 0 Å². The summed E-state index contributed by atoms with van der Waals surface area (Å²) < 4.78 is 0. The number of hydrogen-bond donors (Lipinski definition) is 3. The summed E-state index contributed by atoms with van der Waals surface area (Å²) in [5.41, 5.74) is 1.43. The molecule has 2 unspecified atom stereocenters. The molecule has 0 spiro atoms. The first kappa shape index (κ1) is 13.2. The van der Waals surface area contributed by atoms with Crippen molar-refractivity contribution in [3.05, 3.63) is 41.0 Å². The SMILES string of the molecule is CNCC(O)C(O)c1ccc2nc(Cl)ccc2c1. The maximum atomic E-state index is 10.00. The minimum absolute atomic E-state index is 0.331. The number of pyridine rings is 1. The molecule has 1 heterocycles. The van der Waals surface area contributed by atoms with Gasteiger partial charge in [-0.25, -0.2) is 4.98 Å². The van der Waals surface area contributed by atoms with Crippen molar-refractivity contribution in [2.24, 2.45) is 0 Å². The Morgan fingerprint density at radius 3 is 2.78 bits per heavy atom. The second kappa shape index (κ2) is 5.63. The first-order valence-electron chi connectivity index (χ1n) is 5.69. The van der Waals surface area contributed by atoms with Crippen molar-refractivity contribution >= 4 is 22.5 Å². The predicted molar refractivity (Wildman–Crippen MR) is 71.6 cm³/mol. The molecule has 3 N–H and O–H groups in total. The molecule has 0 aliphatic heterocycles. The molecule has 0 bridgehead atoms. The summed E-state index contributed by atoms with van der Waals surface area (Å²) in [6.45, 7) is 0.331. The van der Waals surface area contributed by atoms with Gasteiger partial charge in [0.25, 0.3) is 0 Å². The zero-order valence-electron chi connectivity index (χ0n) is 9.97. The maximum Gasteiger partial charge on any atom is 0.129 e. The summed E-state index contributed by atoms with van der Waals surface area (Å²) in [6.07, 6.45) is -1.76. The van der Waals surface area contributed by atoms with Crippen molar-refractivity contribution in [3.63, 3.8) is 0 Å². The van der Waals surface area contributed by atoms with Crippen molar-refractivity contribution < 1.29 is 10.2 Å². The summed E-state index contributed by atoms with van der Waals surface area (Å²) in [5, 5.41) is 23.9. The molecule has 4 nitrogen and oxygen atoms in total. The van der Waals surface area contributed by atoms with Gasteiger partial charge < -0.3 is 15.5 Å². The van der Waals surface area contributed by atoms with Gasteiger partial charge in [0.2, 0.25) is 0 Å². The number of halogens is 1. The Labute approximate surface area is 110 Å². The normalized spacial score (nSPS) is 14.7. The Morgan fingerprint density at radius 2 is 2.06 bits per heavy atom. The van der Waals surface area contributed by atoms with Crippen LogP contribution in [0.3, 0.4) is 0 Å². The highest BCUT2D eigenvalue weighted by Gasteiger charge is 2.17. The molecule has 0 saturated carbocycles. The van der Waals surface area contributed by atoms with Crippen LogP contribution in [0.5, 0.6) is 0 Å². The molecule has 0 saturated heterocycles. The third kappa shape index (κ3) is 2.79. The summed E-state index contributed by atoms with van der Waals surface area (Å²) in [7, 11) is 1.72. The van der Waals surface area contributed by atoms with E-state index in [0.29, 0.717) is 17.3 Å². The van der Waals surface area contributed by atoms with Gasteiger partial charge in [-0.15, -0.1) is 0 Å². The van der Waals surface area contributed by atoms with Gasteiger partial charge in [-0.2, -0.15) is 0 Å². The lowest BCUT2D eigenvalue weighted by molar-refractivity contribution is 0.0203. The average Bonchev–Trinajstić information content (AvgIpc) is 2.37. The minimum Gasteiger partial charge on any atom is -0.389 e. The van der Waals surface area contributed by atoms with Gasteiger partial charge in [-0.1, -0.05) is 17.7 Å². The van der Waals surface area contributed by atoms with Crippen molar-refractivity contribution in [2.45, 2.75) is 12.2 Å². The van der Waals surface area contributed by atoms with Crippen LogP contribution in [0.1, 0.15) is 11.7 Å². The fraction of sp³-hybridized carbons (Fsp3) is 0.308. The minimum atomic E-state index is -0.919. The monoisotopic (exact) mass is 266 g/mol. The topological polar surface area (TPSA) is 65.4 Å². The Kier molecular flexibility index (Phi) is 4.14. The van der Waals surface area contributed by atoms with Gasteiger partial charge in [-0.3, -0.25) is 0 Å². The number of nitrogens with zero attached hydrogens (tertiary/aromatic N) is 1.